The number of amides is 1. The van der Waals surface area contributed by atoms with Crippen LogP contribution in [-0.2, 0) is 14.8 Å². The average Bonchev–Trinajstić information content (AvgIpc) is 2.68. The third-order valence-corrected chi connectivity index (χ3v) is 6.26. The van der Waals surface area contributed by atoms with Gasteiger partial charge in [-0.15, -0.1) is 0 Å². The fourth-order valence-corrected chi connectivity index (χ4v) is 4.68. The Balaban J connectivity index is 1.73. The molecule has 1 aliphatic heterocycles. The van der Waals surface area contributed by atoms with Crippen LogP contribution in [0.2, 0.25) is 0 Å². The summed E-state index contributed by atoms with van der Waals surface area (Å²) >= 11 is 0. The number of hydrogen-bond donors (Lipinski definition) is 1. The summed E-state index contributed by atoms with van der Waals surface area (Å²) in [6.45, 7) is 4.28. The normalized spacial score (nSPS) is 20.3. The predicted octanol–water partition coefficient (Wildman–Crippen LogP) is 2.61. The fraction of sp³-hybridized carbons (Fsp3) is 0.300. The molecule has 0 radical (unpaired) electrons. The van der Waals surface area contributed by atoms with Gasteiger partial charge in [0.05, 0.1) is 28.7 Å². The molecule has 7 nitrogen and oxygen atoms in total. The smallest absolute Gasteiger partial charge is 0.255 e. The molecule has 0 aliphatic carbocycles. The molecule has 146 valence electrons. The van der Waals surface area contributed by atoms with Gasteiger partial charge in [-0.3, -0.25) is 4.79 Å². The van der Waals surface area contributed by atoms with E-state index in [9.17, 15) is 13.2 Å². The lowest BCUT2D eigenvalue weighted by Gasteiger charge is -2.34. The van der Waals surface area contributed by atoms with Crippen molar-refractivity contribution in [2.75, 3.05) is 18.4 Å². The first kappa shape index (κ1) is 20.0. The third-order valence-electron chi connectivity index (χ3n) is 4.41. The molecule has 2 aromatic carbocycles. The number of anilines is 1. The monoisotopic (exact) mass is 399 g/mol. The van der Waals surface area contributed by atoms with Crippen LogP contribution < -0.4 is 5.32 Å². The molecule has 0 bridgehead atoms. The first-order valence-corrected chi connectivity index (χ1v) is 10.3. The second-order valence-electron chi connectivity index (χ2n) is 6.75. The standard InChI is InChI=1S/C20H21N3O4S/c1-14-12-23(13-15(2)27-14)28(25,26)19-9-5-17(6-10-19)20(24)22-18-7-3-16(11-21)4-8-18/h3-10,14-15H,12-13H2,1-2H3,(H,22,24)/t14-,15-/m1/s1. The van der Waals surface area contributed by atoms with Crippen LogP contribution in [0.15, 0.2) is 53.4 Å². The van der Waals surface area contributed by atoms with Crippen LogP contribution in [-0.4, -0.2) is 43.9 Å². The maximum Gasteiger partial charge on any atom is 0.255 e. The van der Waals surface area contributed by atoms with Crippen LogP contribution in [0.25, 0.3) is 0 Å². The molecule has 2 atom stereocenters. The van der Waals surface area contributed by atoms with Gasteiger partial charge in [-0.05, 0) is 62.4 Å². The summed E-state index contributed by atoms with van der Waals surface area (Å²) in [7, 11) is -3.65. The van der Waals surface area contributed by atoms with Gasteiger partial charge in [0.2, 0.25) is 10.0 Å². The third kappa shape index (κ3) is 4.39. The molecule has 1 heterocycles. The number of morpholine rings is 1. The minimum Gasteiger partial charge on any atom is -0.373 e. The summed E-state index contributed by atoms with van der Waals surface area (Å²) in [5.74, 6) is -0.359. The van der Waals surface area contributed by atoms with Crippen LogP contribution in [0.1, 0.15) is 29.8 Å². The van der Waals surface area contributed by atoms with Crippen molar-refractivity contribution in [3.05, 3.63) is 59.7 Å². The van der Waals surface area contributed by atoms with Crippen molar-refractivity contribution in [1.82, 2.24) is 4.31 Å². The molecular formula is C20H21N3O4S. The lowest BCUT2D eigenvalue weighted by molar-refractivity contribution is -0.0440. The van der Waals surface area contributed by atoms with E-state index in [-0.39, 0.29) is 23.0 Å². The Kier molecular flexibility index (Phi) is 5.79. The van der Waals surface area contributed by atoms with Gasteiger partial charge in [-0.1, -0.05) is 0 Å². The Labute approximate surface area is 164 Å². The average molecular weight is 399 g/mol. The second-order valence-corrected chi connectivity index (χ2v) is 8.68. The number of rotatable bonds is 4. The van der Waals surface area contributed by atoms with Crippen LogP contribution in [0.4, 0.5) is 5.69 Å². The number of carbonyl (C=O) groups excluding carboxylic acids is 1. The lowest BCUT2D eigenvalue weighted by atomic mass is 10.2. The molecule has 2 aromatic rings. The molecule has 0 spiro atoms. The van der Waals surface area contributed by atoms with E-state index in [2.05, 4.69) is 5.32 Å². The van der Waals surface area contributed by atoms with Crippen molar-refractivity contribution in [1.29, 1.82) is 5.26 Å². The Morgan fingerprint density at radius 1 is 1.07 bits per heavy atom. The van der Waals surface area contributed by atoms with E-state index in [4.69, 9.17) is 10.00 Å². The maximum absolute atomic E-state index is 12.9. The van der Waals surface area contributed by atoms with Crippen LogP contribution in [0.3, 0.4) is 0 Å². The van der Waals surface area contributed by atoms with Gasteiger partial charge in [0.1, 0.15) is 0 Å². The summed E-state index contributed by atoms with van der Waals surface area (Å²) in [4.78, 5) is 12.5. The largest absolute Gasteiger partial charge is 0.373 e. The molecule has 0 aromatic heterocycles. The van der Waals surface area contributed by atoms with E-state index >= 15 is 0 Å². The summed E-state index contributed by atoms with van der Waals surface area (Å²) in [5.41, 5.74) is 1.39. The van der Waals surface area contributed by atoms with E-state index in [1.54, 1.807) is 24.3 Å². The van der Waals surface area contributed by atoms with Crippen LogP contribution in [0.5, 0.6) is 0 Å². The number of carbonyl (C=O) groups is 1. The molecule has 1 N–H and O–H groups in total. The highest BCUT2D eigenvalue weighted by Gasteiger charge is 2.32. The van der Waals surface area contributed by atoms with Gasteiger partial charge in [0.25, 0.3) is 5.91 Å². The van der Waals surface area contributed by atoms with E-state index < -0.39 is 10.0 Å². The van der Waals surface area contributed by atoms with Gasteiger partial charge in [-0.25, -0.2) is 8.42 Å². The number of hydrogen-bond acceptors (Lipinski definition) is 5. The molecule has 1 aliphatic rings. The number of nitrogens with zero attached hydrogens (tertiary/aromatic N) is 2. The molecule has 1 saturated heterocycles. The maximum atomic E-state index is 12.9. The highest BCUT2D eigenvalue weighted by Crippen LogP contribution is 2.22. The van der Waals surface area contributed by atoms with Crippen molar-refractivity contribution in [3.8, 4) is 6.07 Å². The number of sulfonamides is 1. The van der Waals surface area contributed by atoms with Crippen LogP contribution in [0, 0.1) is 11.3 Å². The van der Waals surface area contributed by atoms with E-state index in [1.165, 1.54) is 28.6 Å². The number of nitriles is 1. The Morgan fingerprint density at radius 3 is 2.18 bits per heavy atom. The highest BCUT2D eigenvalue weighted by atomic mass is 32.2. The van der Waals surface area contributed by atoms with Crippen molar-refractivity contribution in [2.45, 2.75) is 31.0 Å². The number of benzene rings is 2. The molecule has 28 heavy (non-hydrogen) atoms. The Morgan fingerprint density at radius 2 is 1.64 bits per heavy atom. The van der Waals surface area contributed by atoms with Gasteiger partial charge in [0, 0.05) is 24.3 Å². The van der Waals surface area contributed by atoms with E-state index in [1.807, 2.05) is 19.9 Å². The van der Waals surface area contributed by atoms with E-state index in [0.717, 1.165) is 0 Å². The Hall–Kier alpha value is -2.73. The molecule has 8 heteroatoms. The van der Waals surface area contributed by atoms with Crippen molar-refractivity contribution < 1.29 is 17.9 Å². The predicted molar refractivity (Wildman–Crippen MR) is 104 cm³/mol. The van der Waals surface area contributed by atoms with Gasteiger partial charge in [0.15, 0.2) is 0 Å². The summed E-state index contributed by atoms with van der Waals surface area (Å²) in [6.07, 6.45) is -0.341. The number of nitrogens with one attached hydrogen (secondary N) is 1. The van der Waals surface area contributed by atoms with Gasteiger partial charge < -0.3 is 10.1 Å². The molecule has 1 fully saturated rings. The Bertz CT molecular complexity index is 985. The van der Waals surface area contributed by atoms with Crippen molar-refractivity contribution in [2.24, 2.45) is 0 Å². The van der Waals surface area contributed by atoms with E-state index in [0.29, 0.717) is 29.9 Å². The number of ether oxygens (including phenoxy) is 1. The summed E-state index contributed by atoms with van der Waals surface area (Å²) < 4.78 is 32.7. The highest BCUT2D eigenvalue weighted by molar-refractivity contribution is 7.89. The first-order chi connectivity index (χ1) is 13.3. The lowest BCUT2D eigenvalue weighted by Crippen LogP contribution is -2.48. The zero-order valence-corrected chi connectivity index (χ0v) is 16.4. The van der Waals surface area contributed by atoms with Crippen molar-refractivity contribution in [3.63, 3.8) is 0 Å². The molecule has 0 saturated carbocycles. The minimum atomic E-state index is -3.65. The summed E-state index contributed by atoms with van der Waals surface area (Å²) in [6, 6.07) is 14.3. The van der Waals surface area contributed by atoms with Gasteiger partial charge in [-0.2, -0.15) is 9.57 Å². The first-order valence-electron chi connectivity index (χ1n) is 8.87. The zero-order chi connectivity index (χ0) is 20.3. The quantitative estimate of drug-likeness (QED) is 0.852. The topological polar surface area (TPSA) is 99.5 Å². The molecule has 1 amide bonds. The van der Waals surface area contributed by atoms with Crippen LogP contribution >= 0.6 is 0 Å². The zero-order valence-electron chi connectivity index (χ0n) is 15.6. The SMILES string of the molecule is C[C@@H]1CN(S(=O)(=O)c2ccc(C(=O)Nc3ccc(C#N)cc3)cc2)C[C@@H](C)O1. The minimum absolute atomic E-state index is 0.142. The second kappa shape index (κ2) is 8.10. The summed E-state index contributed by atoms with van der Waals surface area (Å²) in [5, 5.41) is 11.5. The molecule has 3 rings (SSSR count). The molecular weight excluding hydrogens is 378 g/mol. The van der Waals surface area contributed by atoms with Gasteiger partial charge >= 0.3 is 0 Å². The fourth-order valence-electron chi connectivity index (χ4n) is 3.09. The van der Waals surface area contributed by atoms with Crippen molar-refractivity contribution >= 4 is 21.6 Å². The molecule has 0 unspecified atom stereocenters.